The van der Waals surface area contributed by atoms with Crippen LogP contribution >= 0.6 is 0 Å². The number of nitrogens with zero attached hydrogens (tertiary/aromatic N) is 2. The molecule has 2 aromatic heterocycles. The Bertz CT molecular complexity index is 2100. The van der Waals surface area contributed by atoms with Crippen molar-refractivity contribution in [3.8, 4) is 16.9 Å². The van der Waals surface area contributed by atoms with Crippen LogP contribution < -0.4 is 10.9 Å². The molecule has 6 rings (SSSR count). The van der Waals surface area contributed by atoms with Crippen LogP contribution in [0, 0.1) is 13.8 Å². The molecule has 8 heteroatoms. The predicted octanol–water partition coefficient (Wildman–Crippen LogP) is 7.20. The Hall–Kier alpha value is -6.02. The molecule has 0 spiro atoms. The molecule has 0 aliphatic carbocycles. The lowest BCUT2D eigenvalue weighted by molar-refractivity contribution is -0.149. The number of aryl methyl sites for hydroxylation is 2. The van der Waals surface area contributed by atoms with Gasteiger partial charge in [-0.1, -0.05) is 78.9 Å². The van der Waals surface area contributed by atoms with E-state index in [1.165, 1.54) is 12.2 Å². The average molecular weight is 596 g/mol. The van der Waals surface area contributed by atoms with Crippen molar-refractivity contribution in [2.24, 2.45) is 0 Å². The number of hydrogen-bond acceptors (Lipinski definition) is 6. The van der Waals surface area contributed by atoms with E-state index in [1.807, 2.05) is 80.6 Å². The van der Waals surface area contributed by atoms with E-state index in [1.54, 1.807) is 53.3 Å². The van der Waals surface area contributed by atoms with Gasteiger partial charge in [0.05, 0.1) is 11.3 Å². The lowest BCUT2D eigenvalue weighted by Crippen LogP contribution is -2.25. The number of ether oxygens (including phenoxy) is 1. The van der Waals surface area contributed by atoms with Gasteiger partial charge in [-0.05, 0) is 61.4 Å². The van der Waals surface area contributed by atoms with E-state index in [2.05, 4.69) is 10.4 Å². The Morgan fingerprint density at radius 2 is 1.60 bits per heavy atom. The van der Waals surface area contributed by atoms with Crippen molar-refractivity contribution in [3.05, 3.63) is 154 Å². The van der Waals surface area contributed by atoms with Crippen LogP contribution in [0.2, 0.25) is 0 Å². The van der Waals surface area contributed by atoms with Crippen molar-refractivity contribution in [1.29, 1.82) is 0 Å². The molecule has 0 saturated heterocycles. The molecule has 0 radical (unpaired) electrons. The summed E-state index contributed by atoms with van der Waals surface area (Å²) in [5, 5.41) is 8.32. The van der Waals surface area contributed by atoms with Gasteiger partial charge in [0.15, 0.2) is 0 Å². The average Bonchev–Trinajstić information content (AvgIpc) is 3.49. The molecule has 0 aliphatic heterocycles. The lowest BCUT2D eigenvalue weighted by atomic mass is 10.1. The van der Waals surface area contributed by atoms with Crippen molar-refractivity contribution in [2.75, 3.05) is 5.32 Å². The minimum Gasteiger partial charge on any atom is -0.444 e. The highest BCUT2D eigenvalue weighted by atomic mass is 16.5. The number of anilines is 1. The third-order valence-corrected chi connectivity index (χ3v) is 7.28. The molecular weight excluding hydrogens is 566 g/mol. The largest absolute Gasteiger partial charge is 0.444 e. The highest BCUT2D eigenvalue weighted by Gasteiger charge is 2.25. The molecule has 0 aliphatic rings. The van der Waals surface area contributed by atoms with Gasteiger partial charge in [-0.25, -0.2) is 14.3 Å². The molecule has 222 valence electrons. The number of fused-ring (bicyclic) bond motifs is 1. The van der Waals surface area contributed by atoms with Gasteiger partial charge in [-0.2, -0.15) is 5.10 Å². The van der Waals surface area contributed by atoms with Crippen LogP contribution in [0.25, 0.3) is 34.0 Å². The molecule has 1 amide bonds. The zero-order valence-electron chi connectivity index (χ0n) is 24.6. The van der Waals surface area contributed by atoms with Gasteiger partial charge in [0.25, 0.3) is 5.91 Å². The van der Waals surface area contributed by atoms with Gasteiger partial charge < -0.3 is 14.5 Å². The summed E-state index contributed by atoms with van der Waals surface area (Å²) in [6, 6.07) is 32.9. The zero-order chi connectivity index (χ0) is 31.3. The van der Waals surface area contributed by atoms with Gasteiger partial charge in [0, 0.05) is 34.5 Å². The van der Waals surface area contributed by atoms with Gasteiger partial charge in [0.2, 0.25) is 6.10 Å². The number of rotatable bonds is 8. The van der Waals surface area contributed by atoms with Crippen molar-refractivity contribution in [3.63, 3.8) is 0 Å². The Kier molecular flexibility index (Phi) is 8.20. The van der Waals surface area contributed by atoms with E-state index in [0.717, 1.165) is 22.2 Å². The van der Waals surface area contributed by atoms with Crippen molar-refractivity contribution in [1.82, 2.24) is 9.78 Å². The quantitative estimate of drug-likeness (QED) is 0.113. The number of hydrogen-bond donors (Lipinski definition) is 1. The van der Waals surface area contributed by atoms with Gasteiger partial charge in [-0.15, -0.1) is 0 Å². The molecule has 1 atom stereocenters. The van der Waals surface area contributed by atoms with E-state index in [0.29, 0.717) is 28.1 Å². The maximum atomic E-state index is 13.5. The van der Waals surface area contributed by atoms with E-state index < -0.39 is 23.6 Å². The van der Waals surface area contributed by atoms with Crippen LogP contribution in [0.5, 0.6) is 0 Å². The summed E-state index contributed by atoms with van der Waals surface area (Å²) in [6.07, 6.45) is 3.25. The molecular formula is C37H29N3O5. The number of para-hydroxylation sites is 2. The van der Waals surface area contributed by atoms with Crippen molar-refractivity contribution in [2.45, 2.75) is 20.0 Å². The van der Waals surface area contributed by atoms with Crippen LogP contribution in [-0.4, -0.2) is 21.7 Å². The molecule has 1 N–H and O–H groups in total. The number of benzene rings is 4. The van der Waals surface area contributed by atoms with Gasteiger partial charge in [0.1, 0.15) is 11.3 Å². The second kappa shape index (κ2) is 12.7. The van der Waals surface area contributed by atoms with Crippen LogP contribution in [0.15, 0.2) is 131 Å². The highest BCUT2D eigenvalue weighted by Crippen LogP contribution is 2.27. The number of nitrogens with one attached hydrogen (secondary N) is 1. The molecule has 6 aromatic rings. The molecule has 45 heavy (non-hydrogen) atoms. The number of amides is 1. The maximum Gasteiger partial charge on any atom is 0.345 e. The SMILES string of the molecule is Cc1ccc(C)c(NC(=O)[C@H](OC(=O)/C=C/c2cn(-c3ccccc3)nc2-c2cc3ccccc3oc2=O)c2ccccc2)c1. The standard InChI is InChI=1S/C37H29N3O5/c1-24-17-18-25(2)31(21-24)38-36(42)35(26-11-5-3-6-12-26)45-33(41)20-19-28-23-40(29-14-7-4-8-15-29)39-34(28)30-22-27-13-9-10-16-32(27)44-37(30)43/h3-23,35H,1-2H3,(H,38,42)/b20-19+/t35-/m1/s1. The number of aromatic nitrogens is 2. The van der Waals surface area contributed by atoms with Crippen LogP contribution in [0.3, 0.4) is 0 Å². The Morgan fingerprint density at radius 3 is 2.38 bits per heavy atom. The molecule has 4 aromatic carbocycles. The van der Waals surface area contributed by atoms with Crippen molar-refractivity contribution >= 4 is 34.6 Å². The summed E-state index contributed by atoms with van der Waals surface area (Å²) in [5.74, 6) is -1.23. The minimum absolute atomic E-state index is 0.242. The fourth-order valence-electron chi connectivity index (χ4n) is 4.94. The third-order valence-electron chi connectivity index (χ3n) is 7.28. The van der Waals surface area contributed by atoms with E-state index >= 15 is 0 Å². The smallest absolute Gasteiger partial charge is 0.345 e. The van der Waals surface area contributed by atoms with Crippen LogP contribution in [0.4, 0.5) is 5.69 Å². The Labute approximate surface area is 259 Å². The molecule has 2 heterocycles. The first-order valence-electron chi connectivity index (χ1n) is 14.4. The maximum absolute atomic E-state index is 13.5. The van der Waals surface area contributed by atoms with E-state index in [9.17, 15) is 14.4 Å². The summed E-state index contributed by atoms with van der Waals surface area (Å²) < 4.78 is 12.9. The summed E-state index contributed by atoms with van der Waals surface area (Å²) in [6.45, 7) is 3.83. The lowest BCUT2D eigenvalue weighted by Gasteiger charge is -2.18. The van der Waals surface area contributed by atoms with E-state index in [-0.39, 0.29) is 5.56 Å². The first kappa shape index (κ1) is 29.1. The molecule has 8 nitrogen and oxygen atoms in total. The minimum atomic E-state index is -1.21. The van der Waals surface area contributed by atoms with E-state index in [4.69, 9.17) is 9.15 Å². The van der Waals surface area contributed by atoms with Gasteiger partial charge in [-0.3, -0.25) is 4.79 Å². The van der Waals surface area contributed by atoms with Crippen LogP contribution in [0.1, 0.15) is 28.4 Å². The third kappa shape index (κ3) is 6.50. The fourth-order valence-corrected chi connectivity index (χ4v) is 4.94. The van der Waals surface area contributed by atoms with Crippen LogP contribution in [-0.2, 0) is 14.3 Å². The number of carbonyl (C=O) groups is 2. The second-order valence-electron chi connectivity index (χ2n) is 10.6. The normalized spacial score (nSPS) is 11.9. The summed E-state index contributed by atoms with van der Waals surface area (Å²) in [5.41, 5.74) is 4.74. The summed E-state index contributed by atoms with van der Waals surface area (Å²) in [4.78, 5) is 39.8. The molecule has 0 unspecified atom stereocenters. The summed E-state index contributed by atoms with van der Waals surface area (Å²) >= 11 is 0. The molecule has 0 fully saturated rings. The Balaban J connectivity index is 1.33. The highest BCUT2D eigenvalue weighted by molar-refractivity contribution is 5.98. The summed E-state index contributed by atoms with van der Waals surface area (Å²) in [7, 11) is 0. The monoisotopic (exact) mass is 595 g/mol. The van der Waals surface area contributed by atoms with Crippen molar-refractivity contribution < 1.29 is 18.7 Å². The topological polar surface area (TPSA) is 103 Å². The second-order valence-corrected chi connectivity index (χ2v) is 10.6. The van der Waals surface area contributed by atoms with Gasteiger partial charge >= 0.3 is 11.6 Å². The first-order chi connectivity index (χ1) is 21.9. The molecule has 0 saturated carbocycles. The number of esters is 1. The first-order valence-corrected chi connectivity index (χ1v) is 14.4. The Morgan fingerprint density at radius 1 is 0.889 bits per heavy atom. The number of carbonyl (C=O) groups excluding carboxylic acids is 2. The predicted molar refractivity (Wildman–Crippen MR) is 174 cm³/mol. The molecule has 0 bridgehead atoms. The fraction of sp³-hybridized carbons (Fsp3) is 0.0811. The zero-order valence-corrected chi connectivity index (χ0v) is 24.6.